The van der Waals surface area contributed by atoms with Gasteiger partial charge in [-0.3, -0.25) is 9.10 Å². The number of imidazole rings is 1. The minimum Gasteiger partial charge on any atom is -0.340 e. The third kappa shape index (κ3) is 4.14. The van der Waals surface area contributed by atoms with Crippen molar-refractivity contribution >= 4 is 32.7 Å². The number of benzene rings is 2. The maximum atomic E-state index is 13.3. The van der Waals surface area contributed by atoms with Crippen LogP contribution >= 0.6 is 0 Å². The Kier molecular flexibility index (Phi) is 5.37. The Bertz CT molecular complexity index is 1100. The second-order valence-corrected chi connectivity index (χ2v) is 8.47. The zero-order valence-corrected chi connectivity index (χ0v) is 16.6. The Hall–Kier alpha value is -2.94. The molecule has 1 heterocycles. The standard InChI is InChI=1S/C19H21FN4O3S/c1-13(24(28(3,26)27)15-7-5-4-6-8-15)19(25)23(2)12-18-21-16-10-9-14(20)11-17(16)22-18/h4-11,13H,12H2,1-3H3,(H,21,22)/t13-/m0/s1. The SMILES string of the molecule is C[C@@H](C(=O)N(C)Cc1nc2ccc(F)cc2[nH]1)N(c1ccccc1)S(C)(=O)=O. The molecule has 3 aromatic rings. The van der Waals surface area contributed by atoms with E-state index in [1.807, 2.05) is 0 Å². The quantitative estimate of drug-likeness (QED) is 0.684. The van der Waals surface area contributed by atoms with Crippen LogP contribution < -0.4 is 4.31 Å². The molecule has 0 aliphatic heterocycles. The molecule has 1 aromatic heterocycles. The highest BCUT2D eigenvalue weighted by molar-refractivity contribution is 7.92. The highest BCUT2D eigenvalue weighted by Gasteiger charge is 2.31. The van der Waals surface area contributed by atoms with Gasteiger partial charge in [-0.2, -0.15) is 0 Å². The molecule has 148 valence electrons. The molecule has 0 bridgehead atoms. The summed E-state index contributed by atoms with van der Waals surface area (Å²) in [4.78, 5) is 21.6. The van der Waals surface area contributed by atoms with Gasteiger partial charge in [-0.25, -0.2) is 17.8 Å². The number of nitrogens with one attached hydrogen (secondary N) is 1. The van der Waals surface area contributed by atoms with Gasteiger partial charge in [0.05, 0.1) is 29.5 Å². The smallest absolute Gasteiger partial charge is 0.246 e. The summed E-state index contributed by atoms with van der Waals surface area (Å²) in [6.45, 7) is 1.67. The maximum Gasteiger partial charge on any atom is 0.246 e. The molecule has 2 aromatic carbocycles. The Balaban J connectivity index is 1.82. The van der Waals surface area contributed by atoms with E-state index >= 15 is 0 Å². The van der Waals surface area contributed by atoms with Crippen LogP contribution in [0.1, 0.15) is 12.7 Å². The summed E-state index contributed by atoms with van der Waals surface area (Å²) in [5, 5.41) is 0. The molecule has 0 aliphatic rings. The summed E-state index contributed by atoms with van der Waals surface area (Å²) in [5.41, 5.74) is 1.54. The number of para-hydroxylation sites is 1. The third-order valence-electron chi connectivity index (χ3n) is 4.33. The number of hydrogen-bond acceptors (Lipinski definition) is 4. The number of aromatic nitrogens is 2. The number of hydrogen-bond donors (Lipinski definition) is 1. The van der Waals surface area contributed by atoms with Crippen molar-refractivity contribution in [1.29, 1.82) is 0 Å². The van der Waals surface area contributed by atoms with E-state index in [2.05, 4.69) is 9.97 Å². The topological polar surface area (TPSA) is 86.4 Å². The van der Waals surface area contributed by atoms with Crippen molar-refractivity contribution in [1.82, 2.24) is 14.9 Å². The fraction of sp³-hybridized carbons (Fsp3) is 0.263. The van der Waals surface area contributed by atoms with Gasteiger partial charge >= 0.3 is 0 Å². The number of sulfonamides is 1. The van der Waals surface area contributed by atoms with Crippen LogP contribution in [-0.2, 0) is 21.4 Å². The number of H-pyrrole nitrogens is 1. The molecule has 0 spiro atoms. The zero-order valence-electron chi connectivity index (χ0n) is 15.8. The zero-order chi connectivity index (χ0) is 20.5. The van der Waals surface area contributed by atoms with Crippen LogP contribution in [0.3, 0.4) is 0 Å². The van der Waals surface area contributed by atoms with Crippen LogP contribution in [0.2, 0.25) is 0 Å². The van der Waals surface area contributed by atoms with Crippen LogP contribution in [0.25, 0.3) is 11.0 Å². The van der Waals surface area contributed by atoms with Crippen molar-refractivity contribution in [3.8, 4) is 0 Å². The van der Waals surface area contributed by atoms with Crippen LogP contribution in [-0.4, -0.2) is 48.5 Å². The summed E-state index contributed by atoms with van der Waals surface area (Å²) >= 11 is 0. The number of halogens is 1. The van der Waals surface area contributed by atoms with E-state index in [1.54, 1.807) is 50.4 Å². The summed E-state index contributed by atoms with van der Waals surface area (Å²) < 4.78 is 39.0. The van der Waals surface area contributed by atoms with Crippen molar-refractivity contribution in [2.45, 2.75) is 19.5 Å². The summed E-state index contributed by atoms with van der Waals surface area (Å²) in [6.07, 6.45) is 1.07. The normalized spacial score (nSPS) is 12.7. The number of likely N-dealkylation sites (N-methyl/N-ethyl adjacent to an activating group) is 1. The molecule has 1 atom stereocenters. The van der Waals surface area contributed by atoms with E-state index in [0.717, 1.165) is 10.6 Å². The number of carbonyl (C=O) groups is 1. The molecule has 9 heteroatoms. The first kappa shape index (κ1) is 19.8. The Morgan fingerprint density at radius 3 is 2.54 bits per heavy atom. The molecular weight excluding hydrogens is 383 g/mol. The number of nitrogens with zero attached hydrogens (tertiary/aromatic N) is 3. The second-order valence-electron chi connectivity index (χ2n) is 6.61. The fourth-order valence-corrected chi connectivity index (χ4v) is 4.28. The number of aromatic amines is 1. The van der Waals surface area contributed by atoms with Crippen molar-refractivity contribution in [3.63, 3.8) is 0 Å². The molecule has 0 unspecified atom stereocenters. The lowest BCUT2D eigenvalue weighted by Gasteiger charge is -2.30. The van der Waals surface area contributed by atoms with E-state index in [-0.39, 0.29) is 18.3 Å². The second kappa shape index (κ2) is 7.59. The highest BCUT2D eigenvalue weighted by Crippen LogP contribution is 2.21. The largest absolute Gasteiger partial charge is 0.340 e. The number of amides is 1. The molecule has 1 amide bonds. The molecule has 1 N–H and O–H groups in total. The van der Waals surface area contributed by atoms with Crippen LogP contribution in [0.4, 0.5) is 10.1 Å². The Morgan fingerprint density at radius 2 is 1.89 bits per heavy atom. The van der Waals surface area contributed by atoms with Gasteiger partial charge in [0, 0.05) is 7.05 Å². The monoisotopic (exact) mass is 404 g/mol. The van der Waals surface area contributed by atoms with E-state index in [9.17, 15) is 17.6 Å². The van der Waals surface area contributed by atoms with E-state index < -0.39 is 16.1 Å². The number of fused-ring (bicyclic) bond motifs is 1. The fourth-order valence-electron chi connectivity index (χ4n) is 3.11. The Morgan fingerprint density at radius 1 is 1.21 bits per heavy atom. The molecule has 3 rings (SSSR count). The molecule has 0 radical (unpaired) electrons. The molecule has 0 aliphatic carbocycles. The van der Waals surface area contributed by atoms with Gasteiger partial charge in [0.15, 0.2) is 0 Å². The van der Waals surface area contributed by atoms with Crippen molar-refractivity contribution in [2.75, 3.05) is 17.6 Å². The van der Waals surface area contributed by atoms with Gasteiger partial charge in [0.1, 0.15) is 17.7 Å². The van der Waals surface area contributed by atoms with Crippen LogP contribution in [0.15, 0.2) is 48.5 Å². The number of rotatable bonds is 6. The maximum absolute atomic E-state index is 13.3. The van der Waals surface area contributed by atoms with Crippen LogP contribution in [0.5, 0.6) is 0 Å². The molecule has 0 saturated carbocycles. The summed E-state index contributed by atoms with van der Waals surface area (Å²) in [6, 6.07) is 11.7. The van der Waals surface area contributed by atoms with Crippen molar-refractivity contribution in [2.24, 2.45) is 0 Å². The van der Waals surface area contributed by atoms with Gasteiger partial charge in [0.25, 0.3) is 0 Å². The predicted octanol–water partition coefficient (Wildman–Crippen LogP) is 2.52. The average Bonchev–Trinajstić information content (AvgIpc) is 3.02. The van der Waals surface area contributed by atoms with Gasteiger partial charge in [-0.05, 0) is 37.3 Å². The van der Waals surface area contributed by atoms with E-state index in [4.69, 9.17) is 0 Å². The molecule has 0 fully saturated rings. The first-order valence-corrected chi connectivity index (χ1v) is 10.4. The van der Waals surface area contributed by atoms with Crippen LogP contribution in [0, 0.1) is 5.82 Å². The van der Waals surface area contributed by atoms with Gasteiger partial charge in [0.2, 0.25) is 15.9 Å². The van der Waals surface area contributed by atoms with Crippen molar-refractivity contribution in [3.05, 3.63) is 60.2 Å². The highest BCUT2D eigenvalue weighted by atomic mass is 32.2. The number of carbonyl (C=O) groups excluding carboxylic acids is 1. The minimum atomic E-state index is -3.67. The number of anilines is 1. The molecule has 0 saturated heterocycles. The molecule has 7 nitrogen and oxygen atoms in total. The summed E-state index contributed by atoms with van der Waals surface area (Å²) in [5.74, 6) is -0.289. The predicted molar refractivity (Wildman–Crippen MR) is 106 cm³/mol. The average molecular weight is 404 g/mol. The van der Waals surface area contributed by atoms with Gasteiger partial charge in [-0.1, -0.05) is 18.2 Å². The van der Waals surface area contributed by atoms with Crippen molar-refractivity contribution < 1.29 is 17.6 Å². The summed E-state index contributed by atoms with van der Waals surface area (Å²) in [7, 11) is -2.11. The van der Waals surface area contributed by atoms with Gasteiger partial charge < -0.3 is 9.88 Å². The first-order valence-electron chi connectivity index (χ1n) is 8.60. The Labute approximate surface area is 162 Å². The lowest BCUT2D eigenvalue weighted by Crippen LogP contribution is -2.48. The first-order chi connectivity index (χ1) is 13.2. The lowest BCUT2D eigenvalue weighted by molar-refractivity contribution is -0.131. The molecular formula is C19H21FN4O3S. The molecule has 28 heavy (non-hydrogen) atoms. The van der Waals surface area contributed by atoms with Gasteiger partial charge in [-0.15, -0.1) is 0 Å². The van der Waals surface area contributed by atoms with E-state index in [0.29, 0.717) is 22.5 Å². The third-order valence-corrected chi connectivity index (χ3v) is 5.57. The van der Waals surface area contributed by atoms with E-state index in [1.165, 1.54) is 17.0 Å². The minimum absolute atomic E-state index is 0.131. The lowest BCUT2D eigenvalue weighted by atomic mass is 10.2.